The lowest BCUT2D eigenvalue weighted by Crippen LogP contribution is -2.28. The van der Waals surface area contributed by atoms with Gasteiger partial charge in [0.1, 0.15) is 0 Å². The molecule has 0 saturated heterocycles. The van der Waals surface area contributed by atoms with Crippen molar-refractivity contribution in [3.05, 3.63) is 59.7 Å². The maximum absolute atomic E-state index is 12.7. The maximum atomic E-state index is 12.7. The van der Waals surface area contributed by atoms with Crippen molar-refractivity contribution in [3.63, 3.8) is 0 Å². The van der Waals surface area contributed by atoms with Crippen LogP contribution in [-0.2, 0) is 0 Å². The van der Waals surface area contributed by atoms with Crippen molar-refractivity contribution >= 4 is 5.91 Å². The van der Waals surface area contributed by atoms with E-state index in [9.17, 15) is 10.1 Å². The third-order valence-electron chi connectivity index (χ3n) is 4.37. The quantitative estimate of drug-likeness (QED) is 0.774. The SMILES string of the molecule is C#CCCC1(CCNC(=O)c2ccccc2-c2ccccc2C#N)N=N1. The number of benzene rings is 2. The second-order valence-electron chi connectivity index (χ2n) is 6.10. The number of amides is 1. The first-order valence-corrected chi connectivity index (χ1v) is 8.43. The van der Waals surface area contributed by atoms with E-state index in [2.05, 4.69) is 27.5 Å². The minimum absolute atomic E-state index is 0.180. The van der Waals surface area contributed by atoms with Crippen LogP contribution in [0.2, 0.25) is 0 Å². The second kappa shape index (κ2) is 7.63. The Hall–Kier alpha value is -3.44. The average molecular weight is 342 g/mol. The van der Waals surface area contributed by atoms with Gasteiger partial charge >= 0.3 is 0 Å². The van der Waals surface area contributed by atoms with Gasteiger partial charge < -0.3 is 5.32 Å². The van der Waals surface area contributed by atoms with Crippen molar-refractivity contribution in [1.82, 2.24) is 5.32 Å². The van der Waals surface area contributed by atoms with E-state index in [1.165, 1.54) is 0 Å². The minimum atomic E-state index is -0.410. The molecule has 1 aliphatic rings. The molecule has 0 fully saturated rings. The van der Waals surface area contributed by atoms with Crippen LogP contribution in [0.4, 0.5) is 0 Å². The Morgan fingerprint density at radius 1 is 1.08 bits per heavy atom. The first kappa shape index (κ1) is 17.4. The van der Waals surface area contributed by atoms with Gasteiger partial charge in [-0.25, -0.2) is 0 Å². The van der Waals surface area contributed by atoms with Crippen LogP contribution < -0.4 is 5.32 Å². The lowest BCUT2D eigenvalue weighted by atomic mass is 9.95. The summed E-state index contributed by atoms with van der Waals surface area (Å²) in [5, 5.41) is 20.4. The van der Waals surface area contributed by atoms with E-state index in [1.54, 1.807) is 12.1 Å². The molecule has 0 radical (unpaired) electrons. The summed E-state index contributed by atoms with van der Waals surface area (Å²) in [6.07, 6.45) is 7.26. The lowest BCUT2D eigenvalue weighted by molar-refractivity contribution is 0.0952. The average Bonchev–Trinajstić information content (AvgIpc) is 3.46. The Morgan fingerprint density at radius 3 is 2.46 bits per heavy atom. The summed E-state index contributed by atoms with van der Waals surface area (Å²) in [5.74, 6) is 2.41. The molecule has 128 valence electrons. The Bertz CT molecular complexity index is 928. The Kier molecular flexibility index (Phi) is 5.10. The Labute approximate surface area is 152 Å². The Balaban J connectivity index is 1.71. The Morgan fingerprint density at radius 2 is 1.77 bits per heavy atom. The van der Waals surface area contributed by atoms with Crippen LogP contribution in [0.25, 0.3) is 11.1 Å². The summed E-state index contributed by atoms with van der Waals surface area (Å²) in [5.41, 5.74) is 2.16. The zero-order chi connectivity index (χ0) is 18.4. The molecule has 1 N–H and O–H groups in total. The van der Waals surface area contributed by atoms with Crippen molar-refractivity contribution in [2.75, 3.05) is 6.54 Å². The third-order valence-corrected chi connectivity index (χ3v) is 4.37. The summed E-state index contributed by atoms with van der Waals surface area (Å²) in [6.45, 7) is 0.463. The molecule has 0 atom stereocenters. The van der Waals surface area contributed by atoms with Gasteiger partial charge in [0.2, 0.25) is 0 Å². The summed E-state index contributed by atoms with van der Waals surface area (Å²) in [4.78, 5) is 12.7. The van der Waals surface area contributed by atoms with E-state index < -0.39 is 5.66 Å². The van der Waals surface area contributed by atoms with Crippen molar-refractivity contribution < 1.29 is 4.79 Å². The fourth-order valence-corrected chi connectivity index (χ4v) is 2.87. The highest BCUT2D eigenvalue weighted by Gasteiger charge is 2.38. The minimum Gasteiger partial charge on any atom is -0.352 e. The molecule has 2 aromatic carbocycles. The molecule has 0 unspecified atom stereocenters. The predicted octanol–water partition coefficient (Wildman–Crippen LogP) is 3.92. The molecule has 1 heterocycles. The van der Waals surface area contributed by atoms with Gasteiger partial charge in [-0.1, -0.05) is 36.4 Å². The molecule has 1 aliphatic heterocycles. The van der Waals surface area contributed by atoms with Crippen LogP contribution in [-0.4, -0.2) is 18.1 Å². The number of carbonyl (C=O) groups excluding carboxylic acids is 1. The molecule has 0 aliphatic carbocycles. The van der Waals surface area contributed by atoms with Crippen LogP contribution in [0.5, 0.6) is 0 Å². The fourth-order valence-electron chi connectivity index (χ4n) is 2.87. The van der Waals surface area contributed by atoms with Gasteiger partial charge in [0.05, 0.1) is 11.6 Å². The van der Waals surface area contributed by atoms with E-state index in [4.69, 9.17) is 6.42 Å². The van der Waals surface area contributed by atoms with Gasteiger partial charge in [0, 0.05) is 36.9 Å². The number of hydrogen-bond donors (Lipinski definition) is 1. The topological polar surface area (TPSA) is 77.6 Å². The van der Waals surface area contributed by atoms with E-state index in [0.717, 1.165) is 11.1 Å². The molecule has 3 rings (SSSR count). The van der Waals surface area contributed by atoms with E-state index >= 15 is 0 Å². The van der Waals surface area contributed by atoms with Crippen molar-refractivity contribution in [2.45, 2.75) is 24.9 Å². The number of nitriles is 1. The molecule has 26 heavy (non-hydrogen) atoms. The molecular weight excluding hydrogens is 324 g/mol. The standard InChI is InChI=1S/C21H18N4O/c1-2-3-12-21(24-25-21)13-14-23-20(26)19-11-7-6-10-18(19)17-9-5-4-8-16(17)15-22/h1,4-11H,3,12-14H2,(H,23,26). The van der Waals surface area contributed by atoms with E-state index in [1.807, 2.05) is 36.4 Å². The maximum Gasteiger partial charge on any atom is 0.251 e. The summed E-state index contributed by atoms with van der Waals surface area (Å²) >= 11 is 0. The molecule has 2 aromatic rings. The normalized spacial score (nSPS) is 13.5. The summed E-state index contributed by atoms with van der Waals surface area (Å²) in [7, 11) is 0. The van der Waals surface area contributed by atoms with Gasteiger partial charge in [-0.15, -0.1) is 12.3 Å². The highest BCUT2D eigenvalue weighted by atomic mass is 16.1. The molecule has 5 heteroatoms. The number of terminal acetylenes is 1. The second-order valence-corrected chi connectivity index (χ2v) is 6.10. The van der Waals surface area contributed by atoms with Gasteiger partial charge in [0.25, 0.3) is 5.91 Å². The van der Waals surface area contributed by atoms with Crippen LogP contribution in [0, 0.1) is 23.7 Å². The van der Waals surface area contributed by atoms with Crippen molar-refractivity contribution in [1.29, 1.82) is 5.26 Å². The zero-order valence-electron chi connectivity index (χ0n) is 14.3. The highest BCUT2D eigenvalue weighted by Crippen LogP contribution is 2.36. The lowest BCUT2D eigenvalue weighted by Gasteiger charge is -2.13. The highest BCUT2D eigenvalue weighted by molar-refractivity contribution is 6.01. The largest absolute Gasteiger partial charge is 0.352 e. The van der Waals surface area contributed by atoms with E-state index in [0.29, 0.717) is 36.9 Å². The predicted molar refractivity (Wildman–Crippen MR) is 99.2 cm³/mol. The number of nitrogens with zero attached hydrogens (tertiary/aromatic N) is 3. The van der Waals surface area contributed by atoms with Crippen molar-refractivity contribution in [3.8, 4) is 29.5 Å². The van der Waals surface area contributed by atoms with Gasteiger partial charge in [0.15, 0.2) is 5.66 Å². The van der Waals surface area contributed by atoms with Crippen molar-refractivity contribution in [2.24, 2.45) is 10.2 Å². The molecule has 0 bridgehead atoms. The number of rotatable bonds is 7. The number of hydrogen-bond acceptors (Lipinski definition) is 4. The third kappa shape index (κ3) is 3.79. The van der Waals surface area contributed by atoms with Crippen LogP contribution >= 0.6 is 0 Å². The van der Waals surface area contributed by atoms with Crippen LogP contribution in [0.1, 0.15) is 35.2 Å². The fraction of sp³-hybridized carbons (Fsp3) is 0.238. The van der Waals surface area contributed by atoms with Crippen LogP contribution in [0.3, 0.4) is 0 Å². The smallest absolute Gasteiger partial charge is 0.251 e. The summed E-state index contributed by atoms with van der Waals surface area (Å²) in [6, 6.07) is 16.7. The van der Waals surface area contributed by atoms with Gasteiger partial charge in [-0.05, 0) is 17.7 Å². The van der Waals surface area contributed by atoms with Gasteiger partial charge in [-0.2, -0.15) is 15.5 Å². The monoisotopic (exact) mass is 342 g/mol. The summed E-state index contributed by atoms with van der Waals surface area (Å²) < 4.78 is 0. The zero-order valence-corrected chi connectivity index (χ0v) is 14.3. The van der Waals surface area contributed by atoms with Crippen LogP contribution in [0.15, 0.2) is 58.8 Å². The molecule has 0 saturated carbocycles. The molecule has 0 spiro atoms. The number of nitrogens with one attached hydrogen (secondary N) is 1. The first-order valence-electron chi connectivity index (χ1n) is 8.43. The first-order chi connectivity index (χ1) is 12.7. The number of carbonyl (C=O) groups is 1. The molecule has 1 amide bonds. The molecule has 5 nitrogen and oxygen atoms in total. The van der Waals surface area contributed by atoms with Gasteiger partial charge in [-0.3, -0.25) is 4.79 Å². The van der Waals surface area contributed by atoms with E-state index in [-0.39, 0.29) is 5.91 Å². The molecule has 0 aromatic heterocycles. The molecular formula is C21H18N4O.